The molecule has 0 N–H and O–H groups in total. The van der Waals surface area contributed by atoms with Gasteiger partial charge in [0.05, 0.1) is 29.1 Å². The summed E-state index contributed by atoms with van der Waals surface area (Å²) < 4.78 is 79.1. The van der Waals surface area contributed by atoms with Crippen molar-refractivity contribution >= 4 is 23.2 Å². The van der Waals surface area contributed by atoms with E-state index in [0.717, 1.165) is 23.1 Å². The Bertz CT molecular complexity index is 1490. The minimum absolute atomic E-state index is 0.0352. The molecule has 0 radical (unpaired) electrons. The van der Waals surface area contributed by atoms with Crippen molar-refractivity contribution in [1.82, 2.24) is 4.90 Å². The fourth-order valence-electron chi connectivity index (χ4n) is 5.11. The number of imide groups is 1. The van der Waals surface area contributed by atoms with Crippen molar-refractivity contribution in [3.8, 4) is 11.5 Å². The number of anilines is 1. The molecule has 8 nitrogen and oxygen atoms in total. The Hall–Kier alpha value is -4.55. The first kappa shape index (κ1) is 27.0. The lowest BCUT2D eigenvalue weighted by Crippen LogP contribution is -2.53. The van der Waals surface area contributed by atoms with E-state index in [4.69, 9.17) is 4.74 Å². The van der Waals surface area contributed by atoms with Gasteiger partial charge in [-0.1, -0.05) is 24.3 Å². The highest BCUT2D eigenvalue weighted by molar-refractivity contribution is 6.21. The Morgan fingerprint density at radius 3 is 2.17 bits per heavy atom. The highest BCUT2D eigenvalue weighted by atomic mass is 19.4. The summed E-state index contributed by atoms with van der Waals surface area (Å²) in [4.78, 5) is 38.0. The summed E-state index contributed by atoms with van der Waals surface area (Å²) in [5.74, 6) is -3.89. The maximum Gasteiger partial charge on any atom is 0.422 e. The molecule has 2 heterocycles. The maximum atomic E-state index is 16.3. The highest BCUT2D eigenvalue weighted by Crippen LogP contribution is 2.49. The Labute approximate surface area is 223 Å². The summed E-state index contributed by atoms with van der Waals surface area (Å²) >= 11 is 0. The normalized spacial score (nSPS) is 19.1. The van der Waals surface area contributed by atoms with Crippen LogP contribution in [-0.2, 0) is 6.18 Å². The molecule has 0 aromatic heterocycles. The summed E-state index contributed by atoms with van der Waals surface area (Å²) in [5.41, 5.74) is -5.71. The van der Waals surface area contributed by atoms with E-state index in [-0.39, 0.29) is 30.5 Å². The van der Waals surface area contributed by atoms with Crippen LogP contribution in [0.4, 0.5) is 33.3 Å². The number of halogens is 5. The molecule has 1 atom stereocenters. The van der Waals surface area contributed by atoms with Crippen LogP contribution in [0, 0.1) is 15.9 Å². The molecule has 1 fully saturated rings. The first-order chi connectivity index (χ1) is 18.9. The van der Waals surface area contributed by atoms with Gasteiger partial charge in [0.15, 0.2) is 11.6 Å². The first-order valence-corrected chi connectivity index (χ1v) is 12.1. The van der Waals surface area contributed by atoms with E-state index in [1.54, 1.807) is 0 Å². The number of nitrogens with zero attached hydrogens (tertiary/aromatic N) is 3. The van der Waals surface area contributed by atoms with Crippen LogP contribution < -0.4 is 9.64 Å². The quantitative estimate of drug-likeness (QED) is 0.155. The Kier molecular flexibility index (Phi) is 6.68. The number of hydrogen-bond donors (Lipinski definition) is 0. The third-order valence-corrected chi connectivity index (χ3v) is 6.82. The summed E-state index contributed by atoms with van der Waals surface area (Å²) in [6, 6.07) is 12.1. The zero-order valence-corrected chi connectivity index (χ0v) is 20.6. The molecule has 0 aliphatic carbocycles. The zero-order valence-electron chi connectivity index (χ0n) is 20.6. The molecule has 3 aromatic rings. The SMILES string of the molecule is O=C1c2ccccc2C(=O)N1C[C@]1(F)CCCN(c2c([N+](=O)[O-])ccc(Oc3ccccc3F)c2C(F)(F)F)C1. The van der Waals surface area contributed by atoms with Crippen molar-refractivity contribution in [3.05, 3.63) is 93.3 Å². The van der Waals surface area contributed by atoms with E-state index < -0.39 is 75.9 Å². The predicted octanol–water partition coefficient (Wildman–Crippen LogP) is 6.15. The minimum Gasteiger partial charge on any atom is -0.454 e. The van der Waals surface area contributed by atoms with E-state index >= 15 is 4.39 Å². The Morgan fingerprint density at radius 2 is 1.57 bits per heavy atom. The summed E-state index contributed by atoms with van der Waals surface area (Å²) in [5, 5.41) is 11.8. The first-order valence-electron chi connectivity index (χ1n) is 12.1. The number of carbonyl (C=O) groups is 2. The molecule has 13 heteroatoms. The smallest absolute Gasteiger partial charge is 0.422 e. The second-order valence-corrected chi connectivity index (χ2v) is 9.51. The highest BCUT2D eigenvalue weighted by Gasteiger charge is 2.48. The third kappa shape index (κ3) is 4.82. The van der Waals surface area contributed by atoms with Gasteiger partial charge >= 0.3 is 6.18 Å². The van der Waals surface area contributed by atoms with Crippen molar-refractivity contribution in [2.24, 2.45) is 0 Å². The van der Waals surface area contributed by atoms with Crippen LogP contribution in [0.3, 0.4) is 0 Å². The van der Waals surface area contributed by atoms with E-state index in [1.807, 2.05) is 0 Å². The van der Waals surface area contributed by atoms with E-state index in [1.165, 1.54) is 36.4 Å². The van der Waals surface area contributed by atoms with Gasteiger partial charge in [-0.05, 0) is 43.2 Å². The molecular weight excluding hydrogens is 541 g/mol. The fraction of sp³-hybridized carbons (Fsp3) is 0.259. The molecule has 0 saturated carbocycles. The third-order valence-electron chi connectivity index (χ3n) is 6.82. The molecule has 2 amide bonds. The summed E-state index contributed by atoms with van der Waals surface area (Å²) in [6.07, 6.45) is -5.47. The molecule has 40 heavy (non-hydrogen) atoms. The zero-order chi connectivity index (χ0) is 28.8. The van der Waals surface area contributed by atoms with Crippen LogP contribution in [0.1, 0.15) is 39.1 Å². The Morgan fingerprint density at radius 1 is 0.950 bits per heavy atom. The van der Waals surface area contributed by atoms with Gasteiger partial charge in [-0.25, -0.2) is 8.78 Å². The van der Waals surface area contributed by atoms with E-state index in [0.29, 0.717) is 11.0 Å². The molecule has 0 spiro atoms. The number of amides is 2. The van der Waals surface area contributed by atoms with E-state index in [9.17, 15) is 37.3 Å². The van der Waals surface area contributed by atoms with Crippen LogP contribution in [0.15, 0.2) is 60.7 Å². The molecule has 3 aromatic carbocycles. The van der Waals surface area contributed by atoms with Gasteiger partial charge in [0.2, 0.25) is 0 Å². The van der Waals surface area contributed by atoms with Crippen LogP contribution in [0.2, 0.25) is 0 Å². The number of piperidine rings is 1. The Balaban J connectivity index is 1.53. The lowest BCUT2D eigenvalue weighted by Gasteiger charge is -2.40. The second-order valence-electron chi connectivity index (χ2n) is 9.51. The van der Waals surface area contributed by atoms with Gasteiger partial charge in [-0.3, -0.25) is 24.6 Å². The van der Waals surface area contributed by atoms with Gasteiger partial charge in [-0.15, -0.1) is 0 Å². The molecule has 208 valence electrons. The van der Waals surface area contributed by atoms with Gasteiger partial charge in [0.25, 0.3) is 17.5 Å². The summed E-state index contributed by atoms with van der Waals surface area (Å²) in [6.45, 7) is -1.73. The second kappa shape index (κ2) is 9.88. The van der Waals surface area contributed by atoms with Crippen molar-refractivity contribution in [1.29, 1.82) is 0 Å². The number of hydrogen-bond acceptors (Lipinski definition) is 6. The van der Waals surface area contributed by atoms with Gasteiger partial charge in [0, 0.05) is 12.6 Å². The molecule has 5 rings (SSSR count). The summed E-state index contributed by atoms with van der Waals surface area (Å²) in [7, 11) is 0. The predicted molar refractivity (Wildman–Crippen MR) is 132 cm³/mol. The average molecular weight is 561 g/mol. The number of nitro groups is 1. The standard InChI is InChI=1S/C27H20F5N3O5/c28-18-8-3-4-9-20(18)40-21-11-10-19(35(38)39)23(22(21)27(30,31)32)33-13-5-12-26(29,14-33)15-34-24(36)16-6-1-2-7-17(16)25(34)37/h1-4,6-11H,5,12-15H2/t26-/m0/s1. The van der Waals surface area contributed by atoms with Crippen LogP contribution in [0.25, 0.3) is 0 Å². The lowest BCUT2D eigenvalue weighted by atomic mass is 9.92. The van der Waals surface area contributed by atoms with Crippen LogP contribution >= 0.6 is 0 Å². The van der Waals surface area contributed by atoms with Crippen LogP contribution in [-0.4, -0.2) is 46.9 Å². The molecule has 0 unspecified atom stereocenters. The number of ether oxygens (including phenoxy) is 1. The maximum absolute atomic E-state index is 16.3. The van der Waals surface area contributed by atoms with Crippen molar-refractivity contribution in [2.45, 2.75) is 24.7 Å². The molecule has 0 bridgehead atoms. The van der Waals surface area contributed by atoms with Gasteiger partial charge in [0.1, 0.15) is 22.7 Å². The number of para-hydroxylation sites is 1. The number of nitro benzene ring substituents is 1. The monoisotopic (exact) mass is 561 g/mol. The number of benzene rings is 3. The number of rotatable bonds is 6. The topological polar surface area (TPSA) is 93.0 Å². The number of alkyl halides is 4. The van der Waals surface area contributed by atoms with Crippen LogP contribution in [0.5, 0.6) is 11.5 Å². The number of fused-ring (bicyclic) bond motifs is 1. The van der Waals surface area contributed by atoms with Crippen molar-refractivity contribution in [3.63, 3.8) is 0 Å². The van der Waals surface area contributed by atoms with Gasteiger partial charge < -0.3 is 9.64 Å². The van der Waals surface area contributed by atoms with Crippen molar-refractivity contribution in [2.75, 3.05) is 24.5 Å². The van der Waals surface area contributed by atoms with Gasteiger partial charge in [-0.2, -0.15) is 13.2 Å². The molecule has 2 aliphatic rings. The van der Waals surface area contributed by atoms with E-state index in [2.05, 4.69) is 0 Å². The largest absolute Gasteiger partial charge is 0.454 e. The molecular formula is C27H20F5N3O5. The molecule has 1 saturated heterocycles. The molecule has 2 aliphatic heterocycles. The number of carbonyl (C=O) groups excluding carboxylic acids is 2. The lowest BCUT2D eigenvalue weighted by molar-refractivity contribution is -0.384. The van der Waals surface area contributed by atoms with Crippen molar-refractivity contribution < 1.29 is 41.2 Å². The fourth-order valence-corrected chi connectivity index (χ4v) is 5.11. The average Bonchev–Trinajstić information content (AvgIpc) is 3.13. The minimum atomic E-state index is -5.22.